The predicted molar refractivity (Wildman–Crippen MR) is 69.6 cm³/mol. The Bertz CT molecular complexity index is 410. The van der Waals surface area contributed by atoms with Gasteiger partial charge in [-0.15, -0.1) is 0 Å². The largest absolute Gasteiger partial charge is 0.310 e. The van der Waals surface area contributed by atoms with Crippen molar-refractivity contribution in [3.05, 3.63) is 26.3 Å². The van der Waals surface area contributed by atoms with Crippen LogP contribution in [-0.2, 0) is 12.8 Å². The van der Waals surface area contributed by atoms with Gasteiger partial charge in [-0.3, -0.25) is 4.79 Å². The summed E-state index contributed by atoms with van der Waals surface area (Å²) in [5, 5.41) is 0. The van der Waals surface area contributed by atoms with Crippen LogP contribution in [0.15, 0.2) is 9.27 Å². The Balaban J connectivity index is 3.07. The van der Waals surface area contributed by atoms with Crippen LogP contribution in [0, 0.1) is 11.8 Å². The van der Waals surface area contributed by atoms with Crippen LogP contribution in [0.4, 0.5) is 0 Å². The number of hydrogen-bond donors (Lipinski definition) is 1. The van der Waals surface area contributed by atoms with Crippen LogP contribution in [0.5, 0.6) is 0 Å². The van der Waals surface area contributed by atoms with Gasteiger partial charge in [0.05, 0.1) is 5.69 Å². The van der Waals surface area contributed by atoms with Gasteiger partial charge >= 0.3 is 0 Å². The topological polar surface area (TPSA) is 45.8 Å². The van der Waals surface area contributed by atoms with E-state index in [0.29, 0.717) is 16.3 Å². The fourth-order valence-corrected chi connectivity index (χ4v) is 1.91. The molecule has 0 aliphatic rings. The Morgan fingerprint density at radius 3 is 2.25 bits per heavy atom. The van der Waals surface area contributed by atoms with E-state index in [-0.39, 0.29) is 5.56 Å². The fraction of sp³-hybridized carbons (Fsp3) is 0.667. The summed E-state index contributed by atoms with van der Waals surface area (Å²) in [7, 11) is 0. The van der Waals surface area contributed by atoms with Gasteiger partial charge in [-0.25, -0.2) is 4.98 Å². The van der Waals surface area contributed by atoms with Gasteiger partial charge in [0.2, 0.25) is 0 Å². The molecule has 0 saturated heterocycles. The Morgan fingerprint density at radius 1 is 1.19 bits per heavy atom. The summed E-state index contributed by atoms with van der Waals surface area (Å²) in [5.41, 5.74) is 0.802. The van der Waals surface area contributed by atoms with Gasteiger partial charge in [-0.05, 0) is 34.2 Å². The lowest BCUT2D eigenvalue weighted by Gasteiger charge is -2.09. The van der Waals surface area contributed by atoms with Gasteiger partial charge in [0.15, 0.2) is 0 Å². The molecule has 0 aromatic carbocycles. The molecule has 0 fully saturated rings. The molecule has 0 amide bonds. The number of nitrogens with zero attached hydrogens (tertiary/aromatic N) is 1. The van der Waals surface area contributed by atoms with E-state index in [0.717, 1.165) is 24.4 Å². The van der Waals surface area contributed by atoms with E-state index in [1.54, 1.807) is 0 Å². The Morgan fingerprint density at radius 2 is 1.75 bits per heavy atom. The van der Waals surface area contributed by atoms with Gasteiger partial charge in [0, 0.05) is 6.42 Å². The van der Waals surface area contributed by atoms with Crippen LogP contribution >= 0.6 is 15.9 Å². The lowest BCUT2D eigenvalue weighted by Crippen LogP contribution is -2.17. The summed E-state index contributed by atoms with van der Waals surface area (Å²) >= 11 is 3.30. The van der Waals surface area contributed by atoms with E-state index in [1.807, 2.05) is 0 Å². The molecule has 0 bridgehead atoms. The molecular weight excluding hydrogens is 268 g/mol. The second-order valence-electron chi connectivity index (χ2n) is 4.97. The minimum atomic E-state index is -0.0682. The van der Waals surface area contributed by atoms with Gasteiger partial charge in [-0.1, -0.05) is 27.7 Å². The third-order valence-corrected chi connectivity index (χ3v) is 3.00. The monoisotopic (exact) mass is 286 g/mol. The highest BCUT2D eigenvalue weighted by Gasteiger charge is 2.11. The fourth-order valence-electron chi connectivity index (χ4n) is 1.56. The van der Waals surface area contributed by atoms with Crippen LogP contribution in [-0.4, -0.2) is 9.97 Å². The zero-order chi connectivity index (χ0) is 12.3. The molecule has 1 N–H and O–H groups in total. The summed E-state index contributed by atoms with van der Waals surface area (Å²) in [6.45, 7) is 8.48. The molecule has 0 aliphatic carbocycles. The first-order chi connectivity index (χ1) is 7.40. The minimum absolute atomic E-state index is 0.0682. The lowest BCUT2D eigenvalue weighted by atomic mass is 10.1. The highest BCUT2D eigenvalue weighted by atomic mass is 79.9. The zero-order valence-electron chi connectivity index (χ0n) is 10.3. The Hall–Kier alpha value is -0.640. The first kappa shape index (κ1) is 13.4. The highest BCUT2D eigenvalue weighted by molar-refractivity contribution is 9.10. The first-order valence-corrected chi connectivity index (χ1v) is 6.47. The summed E-state index contributed by atoms with van der Waals surface area (Å²) in [4.78, 5) is 19.0. The van der Waals surface area contributed by atoms with Crippen LogP contribution in [0.25, 0.3) is 0 Å². The molecule has 90 valence electrons. The molecule has 0 spiro atoms. The summed E-state index contributed by atoms with van der Waals surface area (Å²) in [6.07, 6.45) is 1.64. The van der Waals surface area contributed by atoms with Crippen molar-refractivity contribution >= 4 is 15.9 Å². The predicted octanol–water partition coefficient (Wildman–Crippen LogP) is 2.93. The quantitative estimate of drug-likeness (QED) is 0.925. The molecule has 0 saturated carbocycles. The van der Waals surface area contributed by atoms with E-state index in [9.17, 15) is 4.79 Å². The van der Waals surface area contributed by atoms with E-state index in [1.165, 1.54) is 0 Å². The van der Waals surface area contributed by atoms with Crippen LogP contribution in [0.2, 0.25) is 0 Å². The second-order valence-corrected chi connectivity index (χ2v) is 5.76. The molecule has 1 aromatic rings. The van der Waals surface area contributed by atoms with Crippen molar-refractivity contribution in [2.45, 2.75) is 40.5 Å². The third-order valence-electron chi connectivity index (χ3n) is 2.18. The highest BCUT2D eigenvalue weighted by Crippen LogP contribution is 2.14. The van der Waals surface area contributed by atoms with E-state index in [4.69, 9.17) is 0 Å². The number of aromatic amines is 1. The standard InChI is InChI=1S/C12H19BrN2O/c1-7(2)5-9-11(13)12(16)15-10(14-9)6-8(3)4/h7-8H,5-6H2,1-4H3,(H,14,15,16). The molecular formula is C12H19BrN2O. The van der Waals surface area contributed by atoms with E-state index in [2.05, 4.69) is 53.6 Å². The second kappa shape index (κ2) is 5.62. The molecule has 4 heteroatoms. The van der Waals surface area contributed by atoms with Crippen LogP contribution < -0.4 is 5.56 Å². The van der Waals surface area contributed by atoms with Gasteiger partial charge in [0.1, 0.15) is 10.3 Å². The third kappa shape index (κ3) is 3.74. The number of hydrogen-bond acceptors (Lipinski definition) is 2. The molecule has 1 heterocycles. The number of aromatic nitrogens is 2. The molecule has 1 rings (SSSR count). The van der Waals surface area contributed by atoms with Crippen molar-refractivity contribution in [2.24, 2.45) is 11.8 Å². The smallest absolute Gasteiger partial charge is 0.265 e. The van der Waals surface area contributed by atoms with Crippen molar-refractivity contribution in [3.63, 3.8) is 0 Å². The van der Waals surface area contributed by atoms with E-state index >= 15 is 0 Å². The molecule has 16 heavy (non-hydrogen) atoms. The SMILES string of the molecule is CC(C)Cc1nc(CC(C)C)c(Br)c(=O)[nH]1. The van der Waals surface area contributed by atoms with Crippen molar-refractivity contribution < 1.29 is 0 Å². The number of rotatable bonds is 4. The van der Waals surface area contributed by atoms with Crippen molar-refractivity contribution in [1.82, 2.24) is 9.97 Å². The van der Waals surface area contributed by atoms with Crippen molar-refractivity contribution in [3.8, 4) is 0 Å². The molecule has 1 aromatic heterocycles. The summed E-state index contributed by atoms with van der Waals surface area (Å²) in [6, 6.07) is 0. The zero-order valence-corrected chi connectivity index (χ0v) is 11.9. The number of halogens is 1. The maximum absolute atomic E-state index is 11.7. The van der Waals surface area contributed by atoms with Gasteiger partial charge in [0.25, 0.3) is 5.56 Å². The van der Waals surface area contributed by atoms with Crippen molar-refractivity contribution in [2.75, 3.05) is 0 Å². The van der Waals surface area contributed by atoms with Crippen molar-refractivity contribution in [1.29, 1.82) is 0 Å². The van der Waals surface area contributed by atoms with Gasteiger partial charge < -0.3 is 4.98 Å². The maximum atomic E-state index is 11.7. The maximum Gasteiger partial charge on any atom is 0.265 e. The van der Waals surface area contributed by atoms with Crippen LogP contribution in [0.1, 0.15) is 39.2 Å². The average Bonchev–Trinajstić information content (AvgIpc) is 2.11. The average molecular weight is 287 g/mol. The number of H-pyrrole nitrogens is 1. The van der Waals surface area contributed by atoms with E-state index < -0.39 is 0 Å². The summed E-state index contributed by atoms with van der Waals surface area (Å²) in [5.74, 6) is 1.78. The van der Waals surface area contributed by atoms with Crippen LogP contribution in [0.3, 0.4) is 0 Å². The molecule has 3 nitrogen and oxygen atoms in total. The lowest BCUT2D eigenvalue weighted by molar-refractivity contribution is 0.596. The Kier molecular flexibility index (Phi) is 4.71. The Labute approximate surface area is 105 Å². The molecule has 0 atom stereocenters. The number of nitrogens with one attached hydrogen (secondary N) is 1. The molecule has 0 radical (unpaired) electrons. The molecule has 0 aliphatic heterocycles. The minimum Gasteiger partial charge on any atom is -0.310 e. The first-order valence-electron chi connectivity index (χ1n) is 5.67. The normalized spacial score (nSPS) is 11.4. The molecule has 0 unspecified atom stereocenters. The summed E-state index contributed by atoms with van der Waals surface area (Å²) < 4.78 is 0.578. The van der Waals surface area contributed by atoms with Gasteiger partial charge in [-0.2, -0.15) is 0 Å².